The van der Waals surface area contributed by atoms with E-state index in [0.717, 1.165) is 33.2 Å². The minimum absolute atomic E-state index is 0.0322. The number of thioether (sulfide) groups is 1. The highest BCUT2D eigenvalue weighted by atomic mass is 35.5. The van der Waals surface area contributed by atoms with Crippen LogP contribution in [0.3, 0.4) is 0 Å². The van der Waals surface area contributed by atoms with Crippen molar-refractivity contribution in [2.45, 2.75) is 31.9 Å². The molecule has 30 heavy (non-hydrogen) atoms. The van der Waals surface area contributed by atoms with E-state index in [0.29, 0.717) is 17.3 Å². The van der Waals surface area contributed by atoms with E-state index in [4.69, 9.17) is 11.6 Å². The van der Waals surface area contributed by atoms with Crippen molar-refractivity contribution in [2.75, 3.05) is 29.4 Å². The normalized spacial score (nSPS) is 11.9. The van der Waals surface area contributed by atoms with Gasteiger partial charge in [0.05, 0.1) is 11.9 Å². The fourth-order valence-corrected chi connectivity index (χ4v) is 4.55. The SMILES string of the molecule is CC(C)(C)c1ccc(N(CC(=O)NCCSCc2ccc(Cl)cc2)S(C)(=O)=O)cc1. The van der Waals surface area contributed by atoms with Gasteiger partial charge in [0.15, 0.2) is 0 Å². The first-order valence-electron chi connectivity index (χ1n) is 9.64. The summed E-state index contributed by atoms with van der Waals surface area (Å²) in [6.45, 7) is 6.51. The van der Waals surface area contributed by atoms with Crippen LogP contribution in [0.15, 0.2) is 48.5 Å². The first-order valence-corrected chi connectivity index (χ1v) is 13.0. The van der Waals surface area contributed by atoms with Crippen LogP contribution in [-0.2, 0) is 26.0 Å². The molecule has 0 radical (unpaired) electrons. The minimum atomic E-state index is -3.58. The summed E-state index contributed by atoms with van der Waals surface area (Å²) in [7, 11) is -3.58. The Morgan fingerprint density at radius 2 is 1.67 bits per heavy atom. The number of amides is 1. The van der Waals surface area contributed by atoms with Gasteiger partial charge in [-0.3, -0.25) is 9.10 Å². The van der Waals surface area contributed by atoms with E-state index < -0.39 is 10.0 Å². The maximum absolute atomic E-state index is 12.3. The lowest BCUT2D eigenvalue weighted by Crippen LogP contribution is -2.41. The van der Waals surface area contributed by atoms with E-state index in [2.05, 4.69) is 26.1 Å². The number of carbonyl (C=O) groups is 1. The molecule has 0 bridgehead atoms. The van der Waals surface area contributed by atoms with Gasteiger partial charge >= 0.3 is 0 Å². The lowest BCUT2D eigenvalue weighted by Gasteiger charge is -2.24. The second kappa shape index (κ2) is 10.6. The van der Waals surface area contributed by atoms with Crippen molar-refractivity contribution in [3.8, 4) is 0 Å². The molecular weight excluding hydrogens is 440 g/mol. The molecule has 0 saturated heterocycles. The van der Waals surface area contributed by atoms with Gasteiger partial charge in [0.1, 0.15) is 6.54 Å². The number of anilines is 1. The predicted octanol–water partition coefficient (Wildman–Crippen LogP) is 4.45. The average molecular weight is 469 g/mol. The summed E-state index contributed by atoms with van der Waals surface area (Å²) >= 11 is 7.56. The molecule has 0 atom stereocenters. The molecule has 0 aliphatic heterocycles. The van der Waals surface area contributed by atoms with E-state index >= 15 is 0 Å². The first kappa shape index (κ1) is 24.6. The number of hydrogen-bond donors (Lipinski definition) is 1. The number of hydrogen-bond acceptors (Lipinski definition) is 4. The molecule has 0 heterocycles. The van der Waals surface area contributed by atoms with Crippen LogP contribution < -0.4 is 9.62 Å². The number of nitrogens with one attached hydrogen (secondary N) is 1. The molecule has 0 fully saturated rings. The van der Waals surface area contributed by atoms with Gasteiger partial charge in [-0.1, -0.05) is 56.6 Å². The van der Waals surface area contributed by atoms with Crippen LogP contribution in [0.4, 0.5) is 5.69 Å². The highest BCUT2D eigenvalue weighted by Crippen LogP contribution is 2.25. The van der Waals surface area contributed by atoms with Crippen molar-refractivity contribution in [2.24, 2.45) is 0 Å². The molecule has 0 aromatic heterocycles. The minimum Gasteiger partial charge on any atom is -0.354 e. The largest absolute Gasteiger partial charge is 0.354 e. The monoisotopic (exact) mass is 468 g/mol. The van der Waals surface area contributed by atoms with Crippen molar-refractivity contribution in [3.63, 3.8) is 0 Å². The van der Waals surface area contributed by atoms with Crippen LogP contribution in [-0.4, -0.2) is 39.4 Å². The molecule has 2 rings (SSSR count). The maximum atomic E-state index is 12.3. The van der Waals surface area contributed by atoms with Gasteiger partial charge in [-0.15, -0.1) is 0 Å². The third kappa shape index (κ3) is 7.85. The van der Waals surface area contributed by atoms with Crippen molar-refractivity contribution in [1.29, 1.82) is 0 Å². The van der Waals surface area contributed by atoms with Crippen molar-refractivity contribution in [1.82, 2.24) is 5.32 Å². The Morgan fingerprint density at radius 3 is 2.20 bits per heavy atom. The third-order valence-corrected chi connectivity index (χ3v) is 6.88. The van der Waals surface area contributed by atoms with E-state index in [1.165, 1.54) is 0 Å². The highest BCUT2D eigenvalue weighted by molar-refractivity contribution is 7.98. The van der Waals surface area contributed by atoms with E-state index in [1.807, 2.05) is 36.4 Å². The summed E-state index contributed by atoms with van der Waals surface area (Å²) in [6.07, 6.45) is 1.11. The van der Waals surface area contributed by atoms with Gasteiger partial charge in [0.2, 0.25) is 15.9 Å². The van der Waals surface area contributed by atoms with Crippen LogP contribution >= 0.6 is 23.4 Å². The Labute approximate surface area is 189 Å². The van der Waals surface area contributed by atoms with Gasteiger partial charge in [0, 0.05) is 23.1 Å². The Bertz CT molecular complexity index is 938. The highest BCUT2D eigenvalue weighted by Gasteiger charge is 2.21. The standard InChI is InChI=1S/C22H29ClN2O3S2/c1-22(2,3)18-7-11-20(12-8-18)25(30(4,27)28)15-21(26)24-13-14-29-16-17-5-9-19(23)10-6-17/h5-12H,13-16H2,1-4H3,(H,24,26). The second-order valence-electron chi connectivity index (χ2n) is 8.10. The number of sulfonamides is 1. The lowest BCUT2D eigenvalue weighted by atomic mass is 9.87. The molecule has 8 heteroatoms. The smallest absolute Gasteiger partial charge is 0.240 e. The molecule has 164 valence electrons. The maximum Gasteiger partial charge on any atom is 0.240 e. The van der Waals surface area contributed by atoms with Gasteiger partial charge < -0.3 is 5.32 Å². The predicted molar refractivity (Wildman–Crippen MR) is 128 cm³/mol. The van der Waals surface area contributed by atoms with Crippen molar-refractivity contribution >= 4 is 45.0 Å². The molecule has 5 nitrogen and oxygen atoms in total. The Hall–Kier alpha value is -1.70. The molecule has 0 aliphatic rings. The molecule has 0 unspecified atom stereocenters. The number of rotatable bonds is 9. The van der Waals surface area contributed by atoms with Crippen LogP contribution in [0.5, 0.6) is 0 Å². The Morgan fingerprint density at radius 1 is 1.07 bits per heavy atom. The van der Waals surface area contributed by atoms with Gasteiger partial charge in [-0.25, -0.2) is 8.42 Å². The van der Waals surface area contributed by atoms with E-state index in [-0.39, 0.29) is 17.9 Å². The zero-order valence-electron chi connectivity index (χ0n) is 17.8. The fourth-order valence-electron chi connectivity index (χ4n) is 2.75. The van der Waals surface area contributed by atoms with Crippen molar-refractivity contribution in [3.05, 3.63) is 64.7 Å². The summed E-state index contributed by atoms with van der Waals surface area (Å²) in [5, 5.41) is 3.51. The topological polar surface area (TPSA) is 66.5 Å². The number of halogens is 1. The van der Waals surface area contributed by atoms with E-state index in [9.17, 15) is 13.2 Å². The average Bonchev–Trinajstić information content (AvgIpc) is 2.66. The van der Waals surface area contributed by atoms with E-state index in [1.54, 1.807) is 23.9 Å². The summed E-state index contributed by atoms with van der Waals surface area (Å²) in [5.74, 6) is 1.23. The molecule has 1 amide bonds. The van der Waals surface area contributed by atoms with Crippen LogP contribution in [0.25, 0.3) is 0 Å². The molecule has 2 aromatic rings. The van der Waals surface area contributed by atoms with Gasteiger partial charge in [0.25, 0.3) is 0 Å². The first-order chi connectivity index (χ1) is 14.0. The molecule has 0 saturated carbocycles. The van der Waals surface area contributed by atoms with Gasteiger partial charge in [-0.2, -0.15) is 11.8 Å². The molecule has 0 aliphatic carbocycles. The zero-order chi connectivity index (χ0) is 22.4. The van der Waals surface area contributed by atoms with Crippen LogP contribution in [0.2, 0.25) is 5.02 Å². The fraction of sp³-hybridized carbons (Fsp3) is 0.409. The molecule has 0 spiro atoms. The van der Waals surface area contributed by atoms with Crippen molar-refractivity contribution < 1.29 is 13.2 Å². The second-order valence-corrected chi connectivity index (χ2v) is 11.5. The summed E-state index contributed by atoms with van der Waals surface area (Å²) in [5.41, 5.74) is 2.72. The Balaban J connectivity index is 1.87. The summed E-state index contributed by atoms with van der Waals surface area (Å²) < 4.78 is 25.6. The number of benzene rings is 2. The van der Waals surface area contributed by atoms with Crippen LogP contribution in [0.1, 0.15) is 31.9 Å². The zero-order valence-corrected chi connectivity index (χ0v) is 20.2. The third-order valence-electron chi connectivity index (χ3n) is 4.46. The Kier molecular flexibility index (Phi) is 8.64. The summed E-state index contributed by atoms with van der Waals surface area (Å²) in [4.78, 5) is 12.3. The molecular formula is C22H29ClN2O3S2. The summed E-state index contributed by atoms with van der Waals surface area (Å²) in [6, 6.07) is 15.0. The molecule has 2 aromatic carbocycles. The number of nitrogens with zero attached hydrogens (tertiary/aromatic N) is 1. The lowest BCUT2D eigenvalue weighted by molar-refractivity contribution is -0.119. The van der Waals surface area contributed by atoms with Gasteiger partial charge in [-0.05, 0) is 40.8 Å². The number of carbonyl (C=O) groups excluding carboxylic acids is 1. The van der Waals surface area contributed by atoms with Crippen LogP contribution in [0, 0.1) is 0 Å². The molecule has 1 N–H and O–H groups in total. The quantitative estimate of drug-likeness (QED) is 0.552.